The predicted molar refractivity (Wildman–Crippen MR) is 107 cm³/mol. The number of carbonyl (C=O) groups excluding carboxylic acids is 2. The number of imidazole rings is 1. The lowest BCUT2D eigenvalue weighted by Gasteiger charge is -2.35. The maximum Gasteiger partial charge on any atom is 0.330 e. The maximum absolute atomic E-state index is 13.0. The molecule has 0 unspecified atom stereocenters. The fourth-order valence-corrected chi connectivity index (χ4v) is 3.46. The van der Waals surface area contributed by atoms with E-state index >= 15 is 0 Å². The van der Waals surface area contributed by atoms with Crippen LogP contribution >= 0.6 is 0 Å². The Kier molecular flexibility index (Phi) is 4.66. The van der Waals surface area contributed by atoms with Gasteiger partial charge >= 0.3 is 18.1 Å². The number of nitrogens with one attached hydrogen (secondary N) is 1. The quantitative estimate of drug-likeness (QED) is 0.451. The van der Waals surface area contributed by atoms with Crippen molar-refractivity contribution in [3.8, 4) is 17.6 Å². The predicted octanol–water partition coefficient (Wildman–Crippen LogP) is 2.61. The Hall–Kier alpha value is -3.74. The lowest BCUT2D eigenvalue weighted by molar-refractivity contribution is -0.134. The summed E-state index contributed by atoms with van der Waals surface area (Å²) in [7, 11) is 0. The first-order valence-corrected chi connectivity index (χ1v) is 10.1. The van der Waals surface area contributed by atoms with Crippen LogP contribution in [0.5, 0.6) is 5.75 Å². The number of H-pyrrole nitrogens is 1. The first-order valence-electron chi connectivity index (χ1n) is 10.1. The third kappa shape index (κ3) is 3.86. The van der Waals surface area contributed by atoms with Gasteiger partial charge in [-0.3, -0.25) is 14.6 Å². The van der Waals surface area contributed by atoms with E-state index in [1.165, 1.54) is 0 Å². The molecule has 1 N–H and O–H groups in total. The number of ether oxygens (including phenoxy) is 1. The smallest absolute Gasteiger partial charge is 0.330 e. The number of amides is 2. The molecule has 31 heavy (non-hydrogen) atoms. The van der Waals surface area contributed by atoms with Gasteiger partial charge < -0.3 is 9.72 Å². The molecule has 0 radical (unpaired) electrons. The molecule has 3 heterocycles. The Morgan fingerprint density at radius 1 is 1.23 bits per heavy atom. The van der Waals surface area contributed by atoms with Gasteiger partial charge in [-0.15, -0.1) is 0 Å². The van der Waals surface area contributed by atoms with Crippen molar-refractivity contribution in [1.82, 2.24) is 24.8 Å². The Morgan fingerprint density at radius 3 is 2.58 bits per heavy atom. The van der Waals surface area contributed by atoms with Crippen LogP contribution in [-0.4, -0.2) is 48.9 Å². The molecule has 2 amide bonds. The third-order valence-corrected chi connectivity index (χ3v) is 5.22. The summed E-state index contributed by atoms with van der Waals surface area (Å²) in [5, 5.41) is 0. The number of carbonyl (C=O) groups is 2. The van der Waals surface area contributed by atoms with E-state index in [2.05, 4.69) is 38.4 Å². The number of urea groups is 1. The summed E-state index contributed by atoms with van der Waals surface area (Å²) < 4.78 is 17.7. The van der Waals surface area contributed by atoms with Gasteiger partial charge in [0.2, 0.25) is 0 Å². The first-order chi connectivity index (χ1) is 15.0. The molecular weight excluding hydrogens is 403 g/mol. The van der Waals surface area contributed by atoms with Crippen molar-refractivity contribution in [1.29, 1.82) is 0 Å². The molecule has 2 aliphatic carbocycles. The van der Waals surface area contributed by atoms with Crippen LogP contribution in [0.1, 0.15) is 50.0 Å². The molecule has 0 atom stereocenters. The van der Waals surface area contributed by atoms with Crippen LogP contribution in [-0.2, 0) is 4.79 Å². The number of aromatic amines is 1. The number of hydrogen-bond acceptors (Lipinski definition) is 6. The molecule has 158 valence electrons. The fourth-order valence-electron chi connectivity index (χ4n) is 3.46. The Morgan fingerprint density at radius 2 is 1.90 bits per heavy atom. The lowest BCUT2D eigenvalue weighted by Crippen LogP contribution is -2.48. The second-order valence-electron chi connectivity index (χ2n) is 7.68. The highest BCUT2D eigenvalue weighted by Crippen LogP contribution is 2.44. The van der Waals surface area contributed by atoms with Crippen molar-refractivity contribution in [2.45, 2.75) is 50.6 Å². The molecule has 2 saturated carbocycles. The van der Waals surface area contributed by atoms with Gasteiger partial charge in [-0.25, -0.2) is 19.7 Å². The summed E-state index contributed by atoms with van der Waals surface area (Å²) in [6.45, 7) is 4.11. The molecule has 1 aliphatic heterocycles. The van der Waals surface area contributed by atoms with Crippen molar-refractivity contribution in [3.63, 3.8) is 0 Å². The van der Waals surface area contributed by atoms with Gasteiger partial charge in [0.1, 0.15) is 5.69 Å². The van der Waals surface area contributed by atoms with Crippen LogP contribution < -0.4 is 9.64 Å². The summed E-state index contributed by atoms with van der Waals surface area (Å²) in [4.78, 5) is 42.7. The molecule has 2 aromatic rings. The van der Waals surface area contributed by atoms with Crippen LogP contribution in [0.3, 0.4) is 0 Å². The van der Waals surface area contributed by atoms with Gasteiger partial charge in [0.15, 0.2) is 17.4 Å². The van der Waals surface area contributed by atoms with Crippen LogP contribution in [0, 0.1) is 17.9 Å². The van der Waals surface area contributed by atoms with Crippen LogP contribution in [0.15, 0.2) is 19.0 Å². The van der Waals surface area contributed by atoms with E-state index in [4.69, 9.17) is 4.74 Å². The van der Waals surface area contributed by atoms with E-state index < -0.39 is 12.0 Å². The molecular formula is C21H19FN6O3. The van der Waals surface area contributed by atoms with Crippen molar-refractivity contribution >= 4 is 23.5 Å². The van der Waals surface area contributed by atoms with E-state index in [9.17, 15) is 14.0 Å². The molecule has 2 fully saturated rings. The topological polar surface area (TPSA) is 104 Å². The molecule has 3 aliphatic rings. The number of anilines is 1. The number of esters is 1. The maximum atomic E-state index is 13.0. The summed E-state index contributed by atoms with van der Waals surface area (Å²) in [5.41, 5.74) is 1.35. The standard InChI is InChI=1S/C21H19FN6O3/c1-12-18-19(28(14-8-9-14)21(30)27(12)13-6-7-13)26-16(25-18)4-2-3-5-17(29)31-15-10-23-20(22)24-11-15/h10-11,13-14H,1,3,5-9H2,(H,25,26). The van der Waals surface area contributed by atoms with Gasteiger partial charge in [-0.05, 0) is 31.6 Å². The van der Waals surface area contributed by atoms with Gasteiger partial charge in [-0.2, -0.15) is 4.39 Å². The minimum absolute atomic E-state index is 0.0413. The monoisotopic (exact) mass is 422 g/mol. The zero-order valence-electron chi connectivity index (χ0n) is 16.6. The summed E-state index contributed by atoms with van der Waals surface area (Å²) in [6, 6.07) is 0.334. The van der Waals surface area contributed by atoms with Crippen LogP contribution in [0.25, 0.3) is 5.70 Å². The fraction of sp³-hybridized carbons (Fsp3) is 0.381. The van der Waals surface area contributed by atoms with Crippen molar-refractivity contribution in [2.75, 3.05) is 4.90 Å². The Bertz CT molecular complexity index is 1120. The first kappa shape index (κ1) is 19.2. The van der Waals surface area contributed by atoms with E-state index in [-0.39, 0.29) is 36.7 Å². The molecule has 2 aromatic heterocycles. The van der Waals surface area contributed by atoms with E-state index in [1.807, 2.05) is 0 Å². The Balaban J connectivity index is 1.26. The van der Waals surface area contributed by atoms with Crippen molar-refractivity contribution in [3.05, 3.63) is 36.6 Å². The third-order valence-electron chi connectivity index (χ3n) is 5.22. The van der Waals surface area contributed by atoms with Crippen LogP contribution in [0.2, 0.25) is 0 Å². The summed E-state index contributed by atoms with van der Waals surface area (Å²) in [6.07, 6.45) is 5.47. The van der Waals surface area contributed by atoms with Crippen molar-refractivity contribution in [2.24, 2.45) is 0 Å². The van der Waals surface area contributed by atoms with Gasteiger partial charge in [-0.1, -0.05) is 12.5 Å². The highest BCUT2D eigenvalue weighted by Gasteiger charge is 2.47. The number of halogens is 1. The minimum atomic E-state index is -0.892. The Labute approximate surface area is 177 Å². The van der Waals surface area contributed by atoms with E-state index in [1.54, 1.807) is 9.80 Å². The zero-order chi connectivity index (χ0) is 21.5. The normalized spacial score (nSPS) is 17.8. The number of aromatic nitrogens is 4. The second kappa shape index (κ2) is 7.50. The average molecular weight is 422 g/mol. The van der Waals surface area contributed by atoms with Gasteiger partial charge in [0.05, 0.1) is 24.5 Å². The molecule has 0 saturated heterocycles. The molecule has 9 nitrogen and oxygen atoms in total. The zero-order valence-corrected chi connectivity index (χ0v) is 16.6. The summed E-state index contributed by atoms with van der Waals surface area (Å²) in [5.74, 6) is 6.34. The second-order valence-corrected chi connectivity index (χ2v) is 7.68. The summed E-state index contributed by atoms with van der Waals surface area (Å²) >= 11 is 0. The highest BCUT2D eigenvalue weighted by molar-refractivity contribution is 6.04. The van der Waals surface area contributed by atoms with Crippen molar-refractivity contribution < 1.29 is 18.7 Å². The molecule has 5 rings (SSSR count). The minimum Gasteiger partial charge on any atom is -0.423 e. The molecule has 0 bridgehead atoms. The number of fused-ring (bicyclic) bond motifs is 1. The number of nitrogens with zero attached hydrogens (tertiary/aromatic N) is 5. The van der Waals surface area contributed by atoms with Gasteiger partial charge in [0.25, 0.3) is 0 Å². The van der Waals surface area contributed by atoms with E-state index in [0.29, 0.717) is 17.3 Å². The largest absolute Gasteiger partial charge is 0.423 e. The number of hydrogen-bond donors (Lipinski definition) is 1. The van der Waals surface area contributed by atoms with E-state index in [0.717, 1.165) is 43.8 Å². The van der Waals surface area contributed by atoms with Gasteiger partial charge in [0, 0.05) is 18.5 Å². The number of rotatable bonds is 5. The SMILES string of the molecule is C=C1c2[nH]c(C#CCCC(=O)Oc3cnc(F)nc3)nc2N(C2CC2)C(=O)N1C1CC1. The molecule has 0 spiro atoms. The average Bonchev–Trinajstić information content (AvgIpc) is 3.67. The molecule has 0 aromatic carbocycles. The molecule has 10 heteroatoms. The van der Waals surface area contributed by atoms with Crippen LogP contribution in [0.4, 0.5) is 15.0 Å². The lowest BCUT2D eigenvalue weighted by atomic mass is 10.2. The highest BCUT2D eigenvalue weighted by atomic mass is 19.1.